The van der Waals surface area contributed by atoms with Crippen LogP contribution in [0, 0.1) is 0 Å². The number of carbonyl (C=O) groups excluding carboxylic acids is 2. The predicted octanol–water partition coefficient (Wildman–Crippen LogP) is 3.78. The Morgan fingerprint density at radius 1 is 1.00 bits per heavy atom. The van der Waals surface area contributed by atoms with Gasteiger partial charge in [-0.25, -0.2) is 0 Å². The van der Waals surface area contributed by atoms with Crippen LogP contribution in [0.25, 0.3) is 11.0 Å². The number of esters is 1. The van der Waals surface area contributed by atoms with E-state index in [0.717, 1.165) is 10.9 Å². The number of hydrogen-bond acceptors (Lipinski definition) is 4. The Hall–Kier alpha value is -3.08. The van der Waals surface area contributed by atoms with Gasteiger partial charge in [0.2, 0.25) is 0 Å². The second kappa shape index (κ2) is 6.91. The van der Waals surface area contributed by atoms with Gasteiger partial charge in [-0.1, -0.05) is 48.5 Å². The lowest BCUT2D eigenvalue weighted by Gasteiger charge is -2.39. The third-order valence-corrected chi connectivity index (χ3v) is 5.44. The molecule has 2 aromatic carbocycles. The van der Waals surface area contributed by atoms with Crippen molar-refractivity contribution in [3.63, 3.8) is 0 Å². The minimum absolute atomic E-state index is 0.141. The first-order valence-electron chi connectivity index (χ1n) is 9.06. The van der Waals surface area contributed by atoms with E-state index in [9.17, 15) is 9.59 Å². The molecule has 0 unspecified atom stereocenters. The van der Waals surface area contributed by atoms with Crippen LogP contribution in [-0.4, -0.2) is 37.0 Å². The van der Waals surface area contributed by atoms with Crippen molar-refractivity contribution in [2.45, 2.75) is 18.3 Å². The van der Waals surface area contributed by atoms with Crippen LogP contribution in [-0.2, 0) is 14.9 Å². The van der Waals surface area contributed by atoms with Crippen molar-refractivity contribution in [1.29, 1.82) is 0 Å². The standard InChI is InChI=1S/C22H21NO4/c1-26-21(25)22(17-8-3-2-4-9-17)11-13-23(14-12-22)20(24)19-15-16-7-5-6-10-18(16)27-19/h2-10,15H,11-14H2,1H3. The molecular formula is C22H21NO4. The number of ether oxygens (including phenoxy) is 1. The van der Waals surface area contributed by atoms with E-state index in [2.05, 4.69) is 0 Å². The maximum Gasteiger partial charge on any atom is 0.316 e. The highest BCUT2D eigenvalue weighted by Crippen LogP contribution is 2.37. The van der Waals surface area contributed by atoms with E-state index in [1.807, 2.05) is 54.6 Å². The normalized spacial score (nSPS) is 16.3. The Balaban J connectivity index is 1.56. The van der Waals surface area contributed by atoms with Crippen molar-refractivity contribution in [3.8, 4) is 0 Å². The summed E-state index contributed by atoms with van der Waals surface area (Å²) in [5.41, 5.74) is 0.930. The number of piperidine rings is 1. The Bertz CT molecular complexity index is 935. The zero-order valence-corrected chi connectivity index (χ0v) is 15.2. The molecule has 0 saturated carbocycles. The van der Waals surface area contributed by atoms with E-state index in [1.165, 1.54) is 7.11 Å². The molecule has 2 heterocycles. The van der Waals surface area contributed by atoms with Crippen molar-refractivity contribution in [3.05, 3.63) is 72.0 Å². The largest absolute Gasteiger partial charge is 0.468 e. The molecule has 4 rings (SSSR count). The topological polar surface area (TPSA) is 59.8 Å². The van der Waals surface area contributed by atoms with Crippen LogP contribution in [0.5, 0.6) is 0 Å². The molecule has 1 fully saturated rings. The summed E-state index contributed by atoms with van der Waals surface area (Å²) < 4.78 is 10.8. The van der Waals surface area contributed by atoms with E-state index in [4.69, 9.17) is 9.15 Å². The lowest BCUT2D eigenvalue weighted by atomic mass is 9.72. The molecule has 3 aromatic rings. The zero-order valence-electron chi connectivity index (χ0n) is 15.2. The summed E-state index contributed by atoms with van der Waals surface area (Å²) in [7, 11) is 1.42. The van der Waals surface area contributed by atoms with E-state index < -0.39 is 5.41 Å². The average Bonchev–Trinajstić information content (AvgIpc) is 3.17. The van der Waals surface area contributed by atoms with Gasteiger partial charge in [0, 0.05) is 18.5 Å². The molecule has 1 aromatic heterocycles. The second-order valence-electron chi connectivity index (χ2n) is 6.88. The lowest BCUT2D eigenvalue weighted by molar-refractivity contribution is -0.149. The molecule has 5 heteroatoms. The van der Waals surface area contributed by atoms with Gasteiger partial charge in [-0.2, -0.15) is 0 Å². The highest BCUT2D eigenvalue weighted by atomic mass is 16.5. The molecule has 0 N–H and O–H groups in total. The van der Waals surface area contributed by atoms with Gasteiger partial charge in [-0.05, 0) is 30.5 Å². The van der Waals surface area contributed by atoms with Crippen LogP contribution >= 0.6 is 0 Å². The molecule has 1 saturated heterocycles. The smallest absolute Gasteiger partial charge is 0.316 e. The van der Waals surface area contributed by atoms with Gasteiger partial charge in [0.1, 0.15) is 5.58 Å². The monoisotopic (exact) mass is 363 g/mol. The summed E-state index contributed by atoms with van der Waals surface area (Å²) >= 11 is 0. The molecule has 0 radical (unpaired) electrons. The van der Waals surface area contributed by atoms with Gasteiger partial charge in [-0.3, -0.25) is 9.59 Å². The highest BCUT2D eigenvalue weighted by Gasteiger charge is 2.45. The number of rotatable bonds is 3. The number of furan rings is 1. The van der Waals surface area contributed by atoms with Crippen molar-refractivity contribution in [2.75, 3.05) is 20.2 Å². The molecule has 0 aliphatic carbocycles. The van der Waals surface area contributed by atoms with Crippen LogP contribution < -0.4 is 0 Å². The molecule has 1 aliphatic heterocycles. The highest BCUT2D eigenvalue weighted by molar-refractivity contribution is 5.96. The molecule has 0 atom stereocenters. The van der Waals surface area contributed by atoms with Gasteiger partial charge in [0.25, 0.3) is 5.91 Å². The average molecular weight is 363 g/mol. The Morgan fingerprint density at radius 3 is 2.33 bits per heavy atom. The first-order chi connectivity index (χ1) is 13.1. The molecule has 5 nitrogen and oxygen atoms in total. The summed E-state index contributed by atoms with van der Waals surface area (Å²) in [6, 6.07) is 19.0. The van der Waals surface area contributed by atoms with Crippen LogP contribution in [0.3, 0.4) is 0 Å². The fourth-order valence-electron chi connectivity index (χ4n) is 3.90. The first-order valence-corrected chi connectivity index (χ1v) is 9.06. The number of carbonyl (C=O) groups is 2. The first kappa shape index (κ1) is 17.3. The number of nitrogens with zero attached hydrogens (tertiary/aromatic N) is 1. The van der Waals surface area contributed by atoms with E-state index in [-0.39, 0.29) is 11.9 Å². The minimum Gasteiger partial charge on any atom is -0.468 e. The summed E-state index contributed by atoms with van der Waals surface area (Å²) in [6.07, 6.45) is 1.05. The molecule has 1 amide bonds. The van der Waals surface area contributed by atoms with Crippen LogP contribution in [0.1, 0.15) is 29.0 Å². The molecular weight excluding hydrogens is 342 g/mol. The van der Waals surface area contributed by atoms with Crippen LogP contribution in [0.2, 0.25) is 0 Å². The Kier molecular flexibility index (Phi) is 4.44. The van der Waals surface area contributed by atoms with Gasteiger partial charge >= 0.3 is 5.97 Å². The van der Waals surface area contributed by atoms with Gasteiger partial charge < -0.3 is 14.1 Å². The van der Waals surface area contributed by atoms with Gasteiger partial charge in [0.05, 0.1) is 12.5 Å². The molecule has 1 aliphatic rings. The number of likely N-dealkylation sites (tertiary alicyclic amines) is 1. The number of para-hydroxylation sites is 1. The summed E-state index contributed by atoms with van der Waals surface area (Å²) in [5.74, 6) is -0.0521. The third kappa shape index (κ3) is 2.99. The summed E-state index contributed by atoms with van der Waals surface area (Å²) in [5, 5.41) is 0.908. The van der Waals surface area contributed by atoms with Crippen molar-refractivity contribution in [2.24, 2.45) is 0 Å². The molecule has 0 spiro atoms. The van der Waals surface area contributed by atoms with Gasteiger partial charge in [-0.15, -0.1) is 0 Å². The molecule has 138 valence electrons. The quantitative estimate of drug-likeness (QED) is 0.665. The van der Waals surface area contributed by atoms with E-state index in [1.54, 1.807) is 11.0 Å². The lowest BCUT2D eigenvalue weighted by Crippen LogP contribution is -2.49. The number of hydrogen-bond donors (Lipinski definition) is 0. The van der Waals surface area contributed by atoms with Crippen LogP contribution in [0.15, 0.2) is 65.1 Å². The summed E-state index contributed by atoms with van der Waals surface area (Å²) in [4.78, 5) is 27.2. The number of methoxy groups -OCH3 is 1. The fraction of sp³-hybridized carbons (Fsp3) is 0.273. The van der Waals surface area contributed by atoms with Crippen molar-refractivity contribution >= 4 is 22.8 Å². The van der Waals surface area contributed by atoms with Gasteiger partial charge in [0.15, 0.2) is 5.76 Å². The summed E-state index contributed by atoms with van der Waals surface area (Å²) in [6.45, 7) is 0.944. The Morgan fingerprint density at radius 2 is 1.67 bits per heavy atom. The van der Waals surface area contributed by atoms with Crippen LogP contribution in [0.4, 0.5) is 0 Å². The SMILES string of the molecule is COC(=O)C1(c2ccccc2)CCN(C(=O)c2cc3ccccc3o2)CC1. The molecule has 27 heavy (non-hydrogen) atoms. The maximum absolute atomic E-state index is 12.9. The fourth-order valence-corrected chi connectivity index (χ4v) is 3.90. The number of amides is 1. The predicted molar refractivity (Wildman–Crippen MR) is 101 cm³/mol. The number of fused-ring (bicyclic) bond motifs is 1. The minimum atomic E-state index is -0.708. The van der Waals surface area contributed by atoms with E-state index >= 15 is 0 Å². The van der Waals surface area contributed by atoms with Crippen molar-refractivity contribution < 1.29 is 18.7 Å². The second-order valence-corrected chi connectivity index (χ2v) is 6.88. The Labute approximate surface area is 157 Å². The number of benzene rings is 2. The van der Waals surface area contributed by atoms with Crippen molar-refractivity contribution in [1.82, 2.24) is 4.90 Å². The third-order valence-electron chi connectivity index (χ3n) is 5.44. The maximum atomic E-state index is 12.9. The van der Waals surface area contributed by atoms with E-state index in [0.29, 0.717) is 37.3 Å². The molecule has 0 bridgehead atoms. The zero-order chi connectivity index (χ0) is 18.9.